The van der Waals surface area contributed by atoms with Gasteiger partial charge < -0.3 is 9.72 Å². The van der Waals surface area contributed by atoms with Crippen molar-refractivity contribution in [2.24, 2.45) is 0 Å². The number of H-pyrrole nitrogens is 1. The molecule has 0 aromatic carbocycles. The van der Waals surface area contributed by atoms with Crippen LogP contribution in [0.25, 0.3) is 10.9 Å². The number of unbranched alkanes of at least 4 members (excludes halogenated alkanes) is 1. The van der Waals surface area contributed by atoms with E-state index in [1.54, 1.807) is 12.3 Å². The first-order valence-electron chi connectivity index (χ1n) is 5.98. The fourth-order valence-electron chi connectivity index (χ4n) is 1.69. The molecule has 5 nitrogen and oxygen atoms in total. The van der Waals surface area contributed by atoms with Gasteiger partial charge in [-0.3, -0.25) is 4.79 Å². The quantitative estimate of drug-likeness (QED) is 0.302. The molecule has 0 bridgehead atoms. The highest BCUT2D eigenvalue weighted by molar-refractivity contribution is 9.10. The van der Waals surface area contributed by atoms with Crippen LogP contribution in [0.4, 0.5) is 0 Å². The maximum Gasteiger partial charge on any atom is 0.379 e. The van der Waals surface area contributed by atoms with Gasteiger partial charge in [-0.05, 0) is 28.4 Å². The molecule has 0 amide bonds. The Labute approximate surface area is 118 Å². The molecule has 0 radical (unpaired) electrons. The molecule has 19 heavy (non-hydrogen) atoms. The lowest BCUT2D eigenvalue weighted by molar-refractivity contribution is -0.138. The van der Waals surface area contributed by atoms with Gasteiger partial charge >= 0.3 is 5.97 Å². The van der Waals surface area contributed by atoms with Gasteiger partial charge in [0.2, 0.25) is 0 Å². The molecule has 0 unspecified atom stereocenters. The number of carbonyl (C=O) groups is 2. The molecule has 0 aliphatic heterocycles. The van der Waals surface area contributed by atoms with Gasteiger partial charge in [0.05, 0.1) is 17.7 Å². The molecule has 0 saturated carbocycles. The summed E-state index contributed by atoms with van der Waals surface area (Å²) in [4.78, 5) is 30.6. The number of aromatic amines is 1. The van der Waals surface area contributed by atoms with Crippen molar-refractivity contribution in [1.29, 1.82) is 0 Å². The van der Waals surface area contributed by atoms with Gasteiger partial charge in [0, 0.05) is 17.8 Å². The van der Waals surface area contributed by atoms with Crippen LogP contribution < -0.4 is 0 Å². The molecule has 2 aromatic rings. The second kappa shape index (κ2) is 5.97. The van der Waals surface area contributed by atoms with E-state index in [1.165, 1.54) is 6.20 Å². The monoisotopic (exact) mass is 324 g/mol. The van der Waals surface area contributed by atoms with Crippen molar-refractivity contribution in [1.82, 2.24) is 9.97 Å². The number of ketones is 1. The molecule has 0 spiro atoms. The zero-order valence-electron chi connectivity index (χ0n) is 10.4. The van der Waals surface area contributed by atoms with Crippen LogP contribution in [0, 0.1) is 0 Å². The number of nitrogens with one attached hydrogen (secondary N) is 1. The summed E-state index contributed by atoms with van der Waals surface area (Å²) >= 11 is 3.28. The molecule has 0 atom stereocenters. The summed E-state index contributed by atoms with van der Waals surface area (Å²) in [5, 5.41) is 0.652. The first-order valence-corrected chi connectivity index (χ1v) is 6.77. The van der Waals surface area contributed by atoms with Crippen molar-refractivity contribution < 1.29 is 14.3 Å². The van der Waals surface area contributed by atoms with Crippen molar-refractivity contribution in [3.63, 3.8) is 0 Å². The van der Waals surface area contributed by atoms with Gasteiger partial charge in [0.25, 0.3) is 5.78 Å². The first kappa shape index (κ1) is 13.7. The highest BCUT2D eigenvalue weighted by Crippen LogP contribution is 2.24. The Balaban J connectivity index is 2.22. The van der Waals surface area contributed by atoms with Gasteiger partial charge in [-0.1, -0.05) is 13.3 Å². The fourth-order valence-corrected chi connectivity index (χ4v) is 2.14. The average Bonchev–Trinajstić information content (AvgIpc) is 2.83. The smallest absolute Gasteiger partial charge is 0.379 e. The summed E-state index contributed by atoms with van der Waals surface area (Å²) < 4.78 is 5.52. The highest BCUT2D eigenvalue weighted by atomic mass is 79.9. The third kappa shape index (κ3) is 2.84. The lowest BCUT2D eigenvalue weighted by Crippen LogP contribution is -2.17. The Morgan fingerprint density at radius 3 is 3.00 bits per heavy atom. The molecule has 100 valence electrons. The fraction of sp³-hybridized carbons (Fsp3) is 0.308. The second-order valence-corrected chi connectivity index (χ2v) is 4.80. The van der Waals surface area contributed by atoms with Crippen molar-refractivity contribution in [2.45, 2.75) is 19.8 Å². The lowest BCUT2D eigenvalue weighted by Gasteiger charge is -2.02. The maximum absolute atomic E-state index is 12.0. The lowest BCUT2D eigenvalue weighted by atomic mass is 10.1. The largest absolute Gasteiger partial charge is 0.460 e. The van der Waals surface area contributed by atoms with E-state index in [9.17, 15) is 9.59 Å². The predicted octanol–water partition coefficient (Wildman–Crippen LogP) is 2.85. The molecule has 6 heteroatoms. The first-order chi connectivity index (χ1) is 9.15. The topological polar surface area (TPSA) is 72.1 Å². The van der Waals surface area contributed by atoms with Gasteiger partial charge in [0.1, 0.15) is 4.60 Å². The molecule has 0 saturated heterocycles. The van der Waals surface area contributed by atoms with Gasteiger partial charge in [-0.25, -0.2) is 9.78 Å². The van der Waals surface area contributed by atoms with E-state index in [2.05, 4.69) is 25.9 Å². The van der Waals surface area contributed by atoms with E-state index in [1.807, 2.05) is 6.92 Å². The van der Waals surface area contributed by atoms with Crippen LogP contribution in [-0.4, -0.2) is 28.3 Å². The molecule has 2 aromatic heterocycles. The van der Waals surface area contributed by atoms with Crippen LogP contribution in [0.1, 0.15) is 30.1 Å². The molecule has 2 heterocycles. The number of pyridine rings is 1. The number of ether oxygens (including phenoxy) is 1. The van der Waals surface area contributed by atoms with Crippen molar-refractivity contribution in [2.75, 3.05) is 6.61 Å². The number of hydrogen-bond donors (Lipinski definition) is 1. The Morgan fingerprint density at radius 1 is 1.47 bits per heavy atom. The molecule has 0 aliphatic rings. The number of carbonyl (C=O) groups excluding carboxylic acids is 2. The average molecular weight is 325 g/mol. The third-order valence-electron chi connectivity index (χ3n) is 2.72. The van der Waals surface area contributed by atoms with E-state index >= 15 is 0 Å². The summed E-state index contributed by atoms with van der Waals surface area (Å²) in [6.07, 6.45) is 4.73. The SMILES string of the molecule is CCCCOC(=O)C(=O)c1c[nH]c2c(Br)nccc12. The minimum atomic E-state index is -0.817. The normalized spacial score (nSPS) is 10.6. The standard InChI is InChI=1S/C13H13BrN2O3/c1-2-3-6-19-13(18)11(17)9-7-16-10-8(9)4-5-15-12(10)14/h4-5,7,16H,2-3,6H2,1H3. The highest BCUT2D eigenvalue weighted by Gasteiger charge is 2.21. The molecule has 2 rings (SSSR count). The predicted molar refractivity (Wildman–Crippen MR) is 74.0 cm³/mol. The number of halogens is 1. The van der Waals surface area contributed by atoms with E-state index in [4.69, 9.17) is 4.74 Å². The molecular weight excluding hydrogens is 312 g/mol. The van der Waals surface area contributed by atoms with Gasteiger partial charge in [-0.2, -0.15) is 0 Å². The second-order valence-electron chi connectivity index (χ2n) is 4.05. The Hall–Kier alpha value is -1.69. The number of esters is 1. The van der Waals surface area contributed by atoms with Crippen LogP contribution in [0.5, 0.6) is 0 Å². The molecule has 0 aliphatic carbocycles. The number of fused-ring (bicyclic) bond motifs is 1. The van der Waals surface area contributed by atoms with E-state index in [0.717, 1.165) is 12.8 Å². The Morgan fingerprint density at radius 2 is 2.26 bits per heavy atom. The molecule has 1 N–H and O–H groups in total. The minimum Gasteiger partial charge on any atom is -0.460 e. The van der Waals surface area contributed by atoms with Crippen LogP contribution in [0.2, 0.25) is 0 Å². The summed E-state index contributed by atoms with van der Waals surface area (Å²) in [6, 6.07) is 1.68. The Kier molecular flexibility index (Phi) is 4.31. The molecular formula is C13H13BrN2O3. The van der Waals surface area contributed by atoms with Gasteiger partial charge in [0.15, 0.2) is 0 Å². The zero-order chi connectivity index (χ0) is 13.8. The number of nitrogens with zero attached hydrogens (tertiary/aromatic N) is 1. The van der Waals surface area contributed by atoms with Crippen LogP contribution in [0.15, 0.2) is 23.1 Å². The van der Waals surface area contributed by atoms with Crippen molar-refractivity contribution >= 4 is 38.6 Å². The number of aromatic nitrogens is 2. The maximum atomic E-state index is 12.0. The number of rotatable bonds is 5. The zero-order valence-corrected chi connectivity index (χ0v) is 12.0. The summed E-state index contributed by atoms with van der Waals surface area (Å²) in [5.41, 5.74) is 0.992. The Bertz CT molecular complexity index is 621. The number of hydrogen-bond acceptors (Lipinski definition) is 4. The number of Topliss-reactive ketones (excluding diaryl/α,β-unsaturated/α-hetero) is 1. The summed E-state index contributed by atoms with van der Waals surface area (Å²) in [5.74, 6) is -1.46. The summed E-state index contributed by atoms with van der Waals surface area (Å²) in [7, 11) is 0. The minimum absolute atomic E-state index is 0.272. The van der Waals surface area contributed by atoms with Crippen molar-refractivity contribution in [3.05, 3.63) is 28.6 Å². The van der Waals surface area contributed by atoms with Crippen LogP contribution >= 0.6 is 15.9 Å². The van der Waals surface area contributed by atoms with Crippen LogP contribution in [0.3, 0.4) is 0 Å². The third-order valence-corrected chi connectivity index (χ3v) is 3.32. The van der Waals surface area contributed by atoms with E-state index in [-0.39, 0.29) is 6.61 Å². The van der Waals surface area contributed by atoms with Crippen LogP contribution in [-0.2, 0) is 9.53 Å². The summed E-state index contributed by atoms with van der Waals surface area (Å²) in [6.45, 7) is 2.26. The van der Waals surface area contributed by atoms with Gasteiger partial charge in [-0.15, -0.1) is 0 Å². The molecule has 0 fully saturated rings. The van der Waals surface area contributed by atoms with E-state index in [0.29, 0.717) is 21.1 Å². The van der Waals surface area contributed by atoms with E-state index < -0.39 is 11.8 Å². The van der Waals surface area contributed by atoms with Crippen molar-refractivity contribution in [3.8, 4) is 0 Å².